The summed E-state index contributed by atoms with van der Waals surface area (Å²) in [4.78, 5) is 0. The van der Waals surface area contributed by atoms with E-state index >= 15 is 0 Å². The minimum atomic E-state index is 0.582. The Morgan fingerprint density at radius 2 is 1.85 bits per heavy atom. The predicted octanol–water partition coefficient (Wildman–Crippen LogP) is 4.87. The maximum Gasteiger partial charge on any atom is 0.171 e. The van der Waals surface area contributed by atoms with Gasteiger partial charge in [0.15, 0.2) is 5.11 Å². The quantitative estimate of drug-likeness (QED) is 0.612. The number of thiocarbonyl (C=S) groups is 1. The Balaban J connectivity index is 1.51. The van der Waals surface area contributed by atoms with E-state index in [1.54, 1.807) is 6.20 Å². The zero-order valence-corrected chi connectivity index (χ0v) is 16.0. The first-order valence-electron chi connectivity index (χ1n) is 8.89. The second-order valence-corrected chi connectivity index (χ2v) is 6.76. The lowest BCUT2D eigenvalue weighted by Gasteiger charge is -2.13. The summed E-state index contributed by atoms with van der Waals surface area (Å²) in [7, 11) is 0. The summed E-state index contributed by atoms with van der Waals surface area (Å²) >= 11 is 5.40. The molecule has 0 amide bonds. The Hall–Kier alpha value is -2.66. The van der Waals surface area contributed by atoms with Gasteiger partial charge < -0.3 is 10.6 Å². The van der Waals surface area contributed by atoms with Crippen LogP contribution in [-0.2, 0) is 6.54 Å². The summed E-state index contributed by atoms with van der Waals surface area (Å²) in [6, 6.07) is 18.6. The van der Waals surface area contributed by atoms with E-state index in [1.165, 1.54) is 5.56 Å². The van der Waals surface area contributed by atoms with E-state index < -0.39 is 0 Å². The first-order chi connectivity index (χ1) is 12.7. The van der Waals surface area contributed by atoms with E-state index in [0.29, 0.717) is 17.6 Å². The molecule has 2 aromatic carbocycles. The lowest BCUT2D eigenvalue weighted by Crippen LogP contribution is -2.27. The topological polar surface area (TPSA) is 41.9 Å². The molecule has 0 saturated carbocycles. The van der Waals surface area contributed by atoms with Crippen LogP contribution in [0, 0.1) is 0 Å². The predicted molar refractivity (Wildman–Crippen MR) is 112 cm³/mol. The van der Waals surface area contributed by atoms with Crippen LogP contribution in [0.4, 0.5) is 5.69 Å². The number of benzene rings is 2. The Kier molecular flexibility index (Phi) is 6.02. The van der Waals surface area contributed by atoms with Crippen LogP contribution in [0.1, 0.15) is 37.3 Å². The van der Waals surface area contributed by atoms with E-state index in [-0.39, 0.29) is 0 Å². The summed E-state index contributed by atoms with van der Waals surface area (Å²) in [5.74, 6) is 0.582. The average molecular weight is 365 g/mol. The molecule has 0 radical (unpaired) electrons. The van der Waals surface area contributed by atoms with Crippen LogP contribution in [-0.4, -0.2) is 14.9 Å². The zero-order chi connectivity index (χ0) is 18.4. The van der Waals surface area contributed by atoms with Crippen LogP contribution in [0.5, 0.6) is 0 Å². The van der Waals surface area contributed by atoms with Gasteiger partial charge in [-0.2, -0.15) is 5.10 Å². The average Bonchev–Trinajstić information content (AvgIpc) is 3.21. The van der Waals surface area contributed by atoms with Gasteiger partial charge in [-0.15, -0.1) is 0 Å². The molecule has 0 spiro atoms. The van der Waals surface area contributed by atoms with Gasteiger partial charge in [0.1, 0.15) is 0 Å². The fourth-order valence-electron chi connectivity index (χ4n) is 2.68. The fourth-order valence-corrected chi connectivity index (χ4v) is 2.87. The summed E-state index contributed by atoms with van der Waals surface area (Å²) in [5.41, 5.74) is 4.57. The van der Waals surface area contributed by atoms with Crippen LogP contribution in [0.15, 0.2) is 67.0 Å². The van der Waals surface area contributed by atoms with E-state index in [9.17, 15) is 0 Å². The van der Waals surface area contributed by atoms with Crippen LogP contribution >= 0.6 is 12.2 Å². The highest BCUT2D eigenvalue weighted by Crippen LogP contribution is 2.20. The number of nitrogens with one attached hydrogen (secondary N) is 2. The maximum absolute atomic E-state index is 5.40. The molecule has 1 aromatic heterocycles. The molecule has 1 atom stereocenters. The molecule has 0 aliphatic carbocycles. The Bertz CT molecular complexity index is 823. The summed E-state index contributed by atoms with van der Waals surface area (Å²) < 4.78 is 1.84. The molecule has 5 heteroatoms. The van der Waals surface area contributed by atoms with Gasteiger partial charge in [0.05, 0.1) is 5.69 Å². The maximum atomic E-state index is 5.40. The number of nitrogens with zero attached hydrogens (tertiary/aromatic N) is 2. The Labute approximate surface area is 160 Å². The van der Waals surface area contributed by atoms with Gasteiger partial charge >= 0.3 is 0 Å². The molecule has 4 nitrogen and oxygen atoms in total. The molecule has 0 aliphatic rings. The molecule has 0 bridgehead atoms. The monoisotopic (exact) mass is 364 g/mol. The van der Waals surface area contributed by atoms with Gasteiger partial charge in [0.25, 0.3) is 0 Å². The number of aromatic nitrogens is 2. The minimum absolute atomic E-state index is 0.582. The van der Waals surface area contributed by atoms with Crippen molar-refractivity contribution < 1.29 is 0 Å². The smallest absolute Gasteiger partial charge is 0.171 e. The van der Waals surface area contributed by atoms with Crippen LogP contribution < -0.4 is 10.6 Å². The van der Waals surface area contributed by atoms with Gasteiger partial charge in [-0.3, -0.25) is 0 Å². The summed E-state index contributed by atoms with van der Waals surface area (Å²) in [5, 5.41) is 11.3. The molecule has 0 aliphatic heterocycles. The highest BCUT2D eigenvalue weighted by molar-refractivity contribution is 7.80. The minimum Gasteiger partial charge on any atom is -0.358 e. The van der Waals surface area contributed by atoms with Crippen molar-refractivity contribution in [3.8, 4) is 5.69 Å². The van der Waals surface area contributed by atoms with Gasteiger partial charge in [-0.25, -0.2) is 4.68 Å². The molecule has 134 valence electrons. The lowest BCUT2D eigenvalue weighted by molar-refractivity contribution is 0.734. The van der Waals surface area contributed by atoms with Crippen molar-refractivity contribution in [2.45, 2.75) is 32.7 Å². The third kappa shape index (κ3) is 4.70. The highest BCUT2D eigenvalue weighted by atomic mass is 32.1. The zero-order valence-electron chi connectivity index (χ0n) is 15.1. The largest absolute Gasteiger partial charge is 0.358 e. The van der Waals surface area contributed by atoms with Gasteiger partial charge in [-0.05, 0) is 66.0 Å². The van der Waals surface area contributed by atoms with Crippen LogP contribution in [0.3, 0.4) is 0 Å². The number of hydrogen-bond donors (Lipinski definition) is 2. The molecule has 1 heterocycles. The molecule has 0 saturated heterocycles. The third-order valence-electron chi connectivity index (χ3n) is 4.51. The lowest BCUT2D eigenvalue weighted by atomic mass is 9.99. The van der Waals surface area contributed by atoms with Crippen molar-refractivity contribution >= 4 is 23.0 Å². The van der Waals surface area contributed by atoms with Crippen molar-refractivity contribution in [1.29, 1.82) is 0 Å². The van der Waals surface area contributed by atoms with Crippen LogP contribution in [0.25, 0.3) is 5.69 Å². The molecule has 0 fully saturated rings. The first-order valence-corrected chi connectivity index (χ1v) is 9.30. The van der Waals surface area contributed by atoms with Crippen molar-refractivity contribution in [2.75, 3.05) is 5.32 Å². The fraction of sp³-hybridized carbons (Fsp3) is 0.238. The molecular formula is C21H24N4S. The van der Waals surface area contributed by atoms with E-state index in [4.69, 9.17) is 12.2 Å². The normalized spacial score (nSPS) is 11.8. The van der Waals surface area contributed by atoms with Crippen molar-refractivity contribution in [3.05, 3.63) is 78.1 Å². The van der Waals surface area contributed by atoms with Gasteiger partial charge in [-0.1, -0.05) is 38.1 Å². The van der Waals surface area contributed by atoms with Gasteiger partial charge in [0, 0.05) is 24.6 Å². The molecule has 3 rings (SSSR count). The number of rotatable bonds is 6. The first kappa shape index (κ1) is 18.1. The molecule has 26 heavy (non-hydrogen) atoms. The van der Waals surface area contributed by atoms with Crippen molar-refractivity contribution in [2.24, 2.45) is 0 Å². The van der Waals surface area contributed by atoms with Gasteiger partial charge in [0.2, 0.25) is 0 Å². The summed E-state index contributed by atoms with van der Waals surface area (Å²) in [6.07, 6.45) is 4.85. The standard InChI is InChI=1S/C21H24N4S/c1-3-16(2)18-7-9-19(10-8-18)24-21(26)22-15-17-5-11-20(12-6-17)25-14-4-13-23-25/h4-14,16H,3,15H2,1-2H3,(H2,22,24,26). The molecular weight excluding hydrogens is 340 g/mol. The number of hydrogen-bond acceptors (Lipinski definition) is 2. The Morgan fingerprint density at radius 1 is 1.12 bits per heavy atom. The van der Waals surface area contributed by atoms with Crippen molar-refractivity contribution in [1.82, 2.24) is 15.1 Å². The molecule has 1 unspecified atom stereocenters. The van der Waals surface area contributed by atoms with Crippen molar-refractivity contribution in [3.63, 3.8) is 0 Å². The third-order valence-corrected chi connectivity index (χ3v) is 4.75. The Morgan fingerprint density at radius 3 is 2.46 bits per heavy atom. The summed E-state index contributed by atoms with van der Waals surface area (Å²) in [6.45, 7) is 5.12. The second kappa shape index (κ2) is 8.63. The second-order valence-electron chi connectivity index (χ2n) is 6.36. The SMILES string of the molecule is CCC(C)c1ccc(NC(=S)NCc2ccc(-n3cccn3)cc2)cc1. The van der Waals surface area contributed by atoms with E-state index in [0.717, 1.165) is 23.4 Å². The van der Waals surface area contributed by atoms with E-state index in [1.807, 2.05) is 29.1 Å². The van der Waals surface area contributed by atoms with E-state index in [2.05, 4.69) is 66.0 Å². The molecule has 2 N–H and O–H groups in total. The highest BCUT2D eigenvalue weighted by Gasteiger charge is 2.04. The van der Waals surface area contributed by atoms with Crippen LogP contribution in [0.2, 0.25) is 0 Å². The number of anilines is 1. The molecule has 3 aromatic rings.